The largest absolute Gasteiger partial charge is 0.479 e. The Bertz CT molecular complexity index is 749. The first kappa shape index (κ1) is 18.3. The van der Waals surface area contributed by atoms with Gasteiger partial charge >= 0.3 is 5.97 Å². The number of carboxylic acid groups (broad SMARTS) is 1. The van der Waals surface area contributed by atoms with E-state index in [9.17, 15) is 14.7 Å². The lowest BCUT2D eigenvalue weighted by Crippen LogP contribution is -2.41. The zero-order valence-electron chi connectivity index (χ0n) is 13.8. The Morgan fingerprint density at radius 1 is 1.16 bits per heavy atom. The number of anilines is 2. The molecule has 2 aromatic rings. The Morgan fingerprint density at radius 3 is 2.40 bits per heavy atom. The van der Waals surface area contributed by atoms with Crippen LogP contribution in [0.15, 0.2) is 48.5 Å². The molecule has 6 N–H and O–H groups in total. The summed E-state index contributed by atoms with van der Waals surface area (Å²) < 4.78 is 0. The van der Waals surface area contributed by atoms with Crippen molar-refractivity contribution in [2.24, 2.45) is 0 Å². The highest BCUT2D eigenvalue weighted by atomic mass is 16.4. The summed E-state index contributed by atoms with van der Waals surface area (Å²) in [5.74, 6) is -1.60. The number of carbonyl (C=O) groups excluding carboxylic acids is 1. The van der Waals surface area contributed by atoms with Crippen LogP contribution in [-0.4, -0.2) is 41.3 Å². The number of carboxylic acids is 1. The van der Waals surface area contributed by atoms with E-state index in [1.165, 1.54) is 13.1 Å². The van der Waals surface area contributed by atoms with Crippen molar-refractivity contribution >= 4 is 23.3 Å². The monoisotopic (exact) mass is 343 g/mol. The number of nitrogens with one attached hydrogen (secondary N) is 2. The van der Waals surface area contributed by atoms with E-state index in [1.807, 2.05) is 30.3 Å². The lowest BCUT2D eigenvalue weighted by molar-refractivity contribution is -0.147. The van der Waals surface area contributed by atoms with E-state index in [-0.39, 0.29) is 11.6 Å². The maximum atomic E-state index is 11.6. The molecule has 0 spiro atoms. The molecular formula is C18H21N3O4. The molecule has 0 radical (unpaired) electrons. The standard InChI is InChI=1S/C18H21N3O4/c1-20-17(23)12-7-8-14(13(19)10-12)21-15(16(22)18(24)25)9-11-5-3-2-4-6-11/h2-8,10,15-16,21-22H,9,19H2,1H3,(H,20,23)(H,24,25)/t15-,16+/m1/s1. The Labute approximate surface area is 145 Å². The molecule has 0 aliphatic rings. The summed E-state index contributed by atoms with van der Waals surface area (Å²) in [5, 5.41) is 24.6. The van der Waals surface area contributed by atoms with E-state index < -0.39 is 18.1 Å². The van der Waals surface area contributed by atoms with Crippen molar-refractivity contribution in [1.82, 2.24) is 5.32 Å². The number of hydrogen-bond donors (Lipinski definition) is 5. The maximum absolute atomic E-state index is 11.6. The van der Waals surface area contributed by atoms with E-state index >= 15 is 0 Å². The average Bonchev–Trinajstić information content (AvgIpc) is 2.62. The van der Waals surface area contributed by atoms with Crippen molar-refractivity contribution in [2.45, 2.75) is 18.6 Å². The summed E-state index contributed by atoms with van der Waals surface area (Å²) in [5.41, 5.74) is 7.97. The molecule has 0 unspecified atom stereocenters. The molecule has 2 rings (SSSR count). The van der Waals surface area contributed by atoms with Crippen molar-refractivity contribution in [2.75, 3.05) is 18.1 Å². The highest BCUT2D eigenvalue weighted by Gasteiger charge is 2.26. The van der Waals surface area contributed by atoms with Gasteiger partial charge in [-0.1, -0.05) is 30.3 Å². The normalized spacial score (nSPS) is 12.9. The molecule has 0 aliphatic carbocycles. The number of aliphatic carboxylic acids is 1. The molecule has 0 saturated carbocycles. The van der Waals surface area contributed by atoms with Crippen LogP contribution in [0.25, 0.3) is 0 Å². The number of carbonyl (C=O) groups is 2. The Balaban J connectivity index is 2.24. The van der Waals surface area contributed by atoms with Crippen molar-refractivity contribution < 1.29 is 19.8 Å². The van der Waals surface area contributed by atoms with Crippen LogP contribution in [0.4, 0.5) is 11.4 Å². The van der Waals surface area contributed by atoms with Gasteiger partial charge < -0.3 is 26.6 Å². The van der Waals surface area contributed by atoms with Gasteiger partial charge in [0.15, 0.2) is 6.10 Å². The fourth-order valence-electron chi connectivity index (χ4n) is 2.46. The minimum atomic E-state index is -1.61. The summed E-state index contributed by atoms with van der Waals surface area (Å²) in [6, 6.07) is 13.1. The quantitative estimate of drug-likeness (QED) is 0.480. The van der Waals surface area contributed by atoms with Gasteiger partial charge in [0.25, 0.3) is 5.91 Å². The van der Waals surface area contributed by atoms with Gasteiger partial charge in [-0.3, -0.25) is 4.79 Å². The number of amides is 1. The average molecular weight is 343 g/mol. The first-order valence-corrected chi connectivity index (χ1v) is 7.75. The van der Waals surface area contributed by atoms with E-state index in [0.717, 1.165) is 5.56 Å². The van der Waals surface area contributed by atoms with Crippen LogP contribution < -0.4 is 16.4 Å². The van der Waals surface area contributed by atoms with Crippen molar-refractivity contribution in [1.29, 1.82) is 0 Å². The molecule has 7 nitrogen and oxygen atoms in total. The number of nitrogens with two attached hydrogens (primary N) is 1. The molecule has 7 heteroatoms. The van der Waals surface area contributed by atoms with Crippen molar-refractivity contribution in [3.63, 3.8) is 0 Å². The molecule has 0 heterocycles. The van der Waals surface area contributed by atoms with Crippen LogP contribution in [0, 0.1) is 0 Å². The third kappa shape index (κ3) is 4.71. The Morgan fingerprint density at radius 2 is 1.84 bits per heavy atom. The molecule has 25 heavy (non-hydrogen) atoms. The molecular weight excluding hydrogens is 322 g/mol. The van der Waals surface area contributed by atoms with Crippen LogP contribution >= 0.6 is 0 Å². The maximum Gasteiger partial charge on any atom is 0.334 e. The second-order valence-corrected chi connectivity index (χ2v) is 5.60. The molecule has 0 aliphatic heterocycles. The van der Waals surface area contributed by atoms with Crippen LogP contribution in [0.3, 0.4) is 0 Å². The number of aliphatic hydroxyl groups excluding tert-OH is 1. The Hall–Kier alpha value is -3.06. The van der Waals surface area contributed by atoms with Crippen LogP contribution in [0.2, 0.25) is 0 Å². The highest BCUT2D eigenvalue weighted by Crippen LogP contribution is 2.22. The van der Waals surface area contributed by atoms with Gasteiger partial charge in [0.2, 0.25) is 0 Å². The topological polar surface area (TPSA) is 125 Å². The lowest BCUT2D eigenvalue weighted by atomic mass is 10.0. The number of nitrogen functional groups attached to an aromatic ring is 1. The summed E-state index contributed by atoms with van der Waals surface area (Å²) in [6.07, 6.45) is -1.32. The molecule has 0 saturated heterocycles. The second-order valence-electron chi connectivity index (χ2n) is 5.60. The third-order valence-electron chi connectivity index (χ3n) is 3.81. The number of rotatable bonds is 7. The van der Waals surface area contributed by atoms with Gasteiger partial charge in [0.05, 0.1) is 17.4 Å². The number of aliphatic hydroxyl groups is 1. The first-order chi connectivity index (χ1) is 11.9. The molecule has 0 bridgehead atoms. The van der Waals surface area contributed by atoms with Gasteiger partial charge in [-0.2, -0.15) is 0 Å². The fraction of sp³-hybridized carbons (Fsp3) is 0.222. The SMILES string of the molecule is CNC(=O)c1ccc(N[C@H](Cc2ccccc2)[C@H](O)C(=O)O)c(N)c1. The van der Waals surface area contributed by atoms with Gasteiger partial charge in [0.1, 0.15) is 0 Å². The molecule has 0 fully saturated rings. The molecule has 1 amide bonds. The minimum Gasteiger partial charge on any atom is -0.479 e. The Kier molecular flexibility index (Phi) is 5.97. The van der Waals surface area contributed by atoms with Gasteiger partial charge in [0, 0.05) is 12.6 Å². The third-order valence-corrected chi connectivity index (χ3v) is 3.81. The molecule has 2 aromatic carbocycles. The molecule has 2 atom stereocenters. The van der Waals surface area contributed by atoms with Crippen LogP contribution in [0.1, 0.15) is 15.9 Å². The highest BCUT2D eigenvalue weighted by molar-refractivity contribution is 5.96. The lowest BCUT2D eigenvalue weighted by Gasteiger charge is -2.24. The molecule has 0 aromatic heterocycles. The summed E-state index contributed by atoms with van der Waals surface area (Å²) in [7, 11) is 1.52. The predicted octanol–water partition coefficient (Wildman–Crippen LogP) is 1.10. The number of benzene rings is 2. The predicted molar refractivity (Wildman–Crippen MR) is 95.4 cm³/mol. The smallest absolute Gasteiger partial charge is 0.334 e. The van der Waals surface area contributed by atoms with Crippen molar-refractivity contribution in [3.05, 3.63) is 59.7 Å². The summed E-state index contributed by atoms with van der Waals surface area (Å²) in [6.45, 7) is 0. The summed E-state index contributed by atoms with van der Waals surface area (Å²) >= 11 is 0. The fourth-order valence-corrected chi connectivity index (χ4v) is 2.46. The molecule has 132 valence electrons. The van der Waals surface area contributed by atoms with Crippen LogP contribution in [0.5, 0.6) is 0 Å². The number of hydrogen-bond acceptors (Lipinski definition) is 5. The van der Waals surface area contributed by atoms with Gasteiger partial charge in [-0.25, -0.2) is 4.79 Å². The zero-order chi connectivity index (χ0) is 18.4. The van der Waals surface area contributed by atoms with E-state index in [1.54, 1.807) is 12.1 Å². The van der Waals surface area contributed by atoms with Crippen molar-refractivity contribution in [3.8, 4) is 0 Å². The van der Waals surface area contributed by atoms with Gasteiger partial charge in [-0.15, -0.1) is 0 Å². The minimum absolute atomic E-state index is 0.273. The van der Waals surface area contributed by atoms with Gasteiger partial charge in [-0.05, 0) is 30.2 Å². The van der Waals surface area contributed by atoms with E-state index in [2.05, 4.69) is 10.6 Å². The van der Waals surface area contributed by atoms with Crippen LogP contribution in [-0.2, 0) is 11.2 Å². The summed E-state index contributed by atoms with van der Waals surface area (Å²) in [4.78, 5) is 22.8. The van der Waals surface area contributed by atoms with E-state index in [0.29, 0.717) is 17.7 Å². The van der Waals surface area contributed by atoms with E-state index in [4.69, 9.17) is 10.8 Å². The second kappa shape index (κ2) is 8.16. The first-order valence-electron chi connectivity index (χ1n) is 7.75. The zero-order valence-corrected chi connectivity index (χ0v) is 13.8.